The van der Waals surface area contributed by atoms with Crippen LogP contribution in [-0.2, 0) is 14.3 Å². The number of ketones is 1. The minimum absolute atomic E-state index is 0.137. The number of hydrogen-bond acceptors (Lipinski definition) is 4. The monoisotopic (exact) mass is 212 g/mol. The van der Waals surface area contributed by atoms with Crippen molar-refractivity contribution < 1.29 is 19.4 Å². The van der Waals surface area contributed by atoms with Gasteiger partial charge in [0.05, 0.1) is 0 Å². The Balaban J connectivity index is 2.88. The van der Waals surface area contributed by atoms with Crippen LogP contribution < -0.4 is 0 Å². The molecule has 1 saturated heterocycles. The van der Waals surface area contributed by atoms with Crippen molar-refractivity contribution in [2.75, 3.05) is 0 Å². The van der Waals surface area contributed by atoms with E-state index in [0.29, 0.717) is 19.3 Å². The molecule has 4 nitrogen and oxygen atoms in total. The quantitative estimate of drug-likeness (QED) is 0.336. The summed E-state index contributed by atoms with van der Waals surface area (Å²) in [5.41, 5.74) is -0.151. The predicted molar refractivity (Wildman–Crippen MR) is 54.4 cm³/mol. The summed E-state index contributed by atoms with van der Waals surface area (Å²) in [5.74, 6) is -1.12. The van der Waals surface area contributed by atoms with E-state index in [4.69, 9.17) is 4.74 Å². The maximum Gasteiger partial charge on any atom is 0.345 e. The number of aliphatic hydroxyl groups excluding tert-OH is 1. The Morgan fingerprint density at radius 2 is 2.13 bits per heavy atom. The van der Waals surface area contributed by atoms with E-state index < -0.39 is 5.97 Å². The van der Waals surface area contributed by atoms with Crippen LogP contribution in [0.15, 0.2) is 11.3 Å². The minimum atomic E-state index is -0.677. The molecule has 0 amide bonds. The summed E-state index contributed by atoms with van der Waals surface area (Å²) in [6.45, 7) is 3.72. The van der Waals surface area contributed by atoms with Crippen LogP contribution in [0.25, 0.3) is 0 Å². The summed E-state index contributed by atoms with van der Waals surface area (Å²) in [7, 11) is 0. The fraction of sp³-hybridized carbons (Fsp3) is 0.636. The fourth-order valence-electron chi connectivity index (χ4n) is 1.54. The topological polar surface area (TPSA) is 63.6 Å². The number of aliphatic hydroxyl groups is 1. The molecule has 1 N–H and O–H groups in total. The van der Waals surface area contributed by atoms with Crippen LogP contribution in [0.3, 0.4) is 0 Å². The van der Waals surface area contributed by atoms with Gasteiger partial charge in [0.15, 0.2) is 5.78 Å². The van der Waals surface area contributed by atoms with Crippen molar-refractivity contribution in [3.63, 3.8) is 0 Å². The summed E-state index contributed by atoms with van der Waals surface area (Å²) >= 11 is 0. The van der Waals surface area contributed by atoms with Crippen LogP contribution in [-0.4, -0.2) is 23.0 Å². The van der Waals surface area contributed by atoms with E-state index in [9.17, 15) is 14.7 Å². The van der Waals surface area contributed by atoms with Gasteiger partial charge < -0.3 is 9.84 Å². The summed E-state index contributed by atoms with van der Waals surface area (Å²) in [4.78, 5) is 23.0. The molecule has 1 rings (SSSR count). The first-order valence-electron chi connectivity index (χ1n) is 5.26. The van der Waals surface area contributed by atoms with Crippen molar-refractivity contribution in [2.45, 2.75) is 45.6 Å². The highest BCUT2D eigenvalue weighted by atomic mass is 16.5. The fourth-order valence-corrected chi connectivity index (χ4v) is 1.54. The number of esters is 1. The van der Waals surface area contributed by atoms with Gasteiger partial charge in [-0.2, -0.15) is 0 Å². The number of Topliss-reactive ketones (excluding diaryl/α,β-unsaturated/α-hetero) is 1. The molecule has 1 aliphatic heterocycles. The standard InChI is InChI=1S/C11H16O4/c1-3-5-8(12)10-9(13)6-7(4-2)15-11(10)14/h7,12H,3-6H2,1-2H3/b10-8+/t7-/m0/s1. The Labute approximate surface area is 88.9 Å². The van der Waals surface area contributed by atoms with Crippen LogP contribution in [0.5, 0.6) is 0 Å². The first kappa shape index (κ1) is 11.8. The smallest absolute Gasteiger partial charge is 0.345 e. The van der Waals surface area contributed by atoms with Crippen molar-refractivity contribution in [2.24, 2.45) is 0 Å². The van der Waals surface area contributed by atoms with E-state index in [1.165, 1.54) is 0 Å². The van der Waals surface area contributed by atoms with E-state index >= 15 is 0 Å². The summed E-state index contributed by atoms with van der Waals surface area (Å²) < 4.78 is 5.01. The van der Waals surface area contributed by atoms with E-state index in [1.54, 1.807) is 0 Å². The van der Waals surface area contributed by atoms with Gasteiger partial charge in [-0.1, -0.05) is 13.8 Å². The molecule has 84 valence electrons. The number of allylic oxidation sites excluding steroid dienone is 1. The second-order valence-corrected chi connectivity index (χ2v) is 3.63. The maximum atomic E-state index is 11.6. The minimum Gasteiger partial charge on any atom is -0.511 e. The second-order valence-electron chi connectivity index (χ2n) is 3.63. The molecule has 0 spiro atoms. The molecular weight excluding hydrogens is 196 g/mol. The van der Waals surface area contributed by atoms with Gasteiger partial charge in [-0.05, 0) is 12.8 Å². The Kier molecular flexibility index (Phi) is 3.88. The van der Waals surface area contributed by atoms with Crippen LogP contribution in [0.1, 0.15) is 39.5 Å². The first-order chi connectivity index (χ1) is 7.10. The Bertz CT molecular complexity index is 284. The lowest BCUT2D eigenvalue weighted by Crippen LogP contribution is -2.32. The maximum absolute atomic E-state index is 11.6. The van der Waals surface area contributed by atoms with Gasteiger partial charge in [0, 0.05) is 12.8 Å². The number of carbonyl (C=O) groups excluding carboxylic acids is 2. The average Bonchev–Trinajstić information content (AvgIpc) is 2.16. The highest BCUT2D eigenvalue weighted by Gasteiger charge is 2.33. The predicted octanol–water partition coefficient (Wildman–Crippen LogP) is 1.89. The molecule has 0 aromatic carbocycles. The third-order valence-electron chi connectivity index (χ3n) is 2.40. The normalized spacial score (nSPS) is 25.1. The third kappa shape index (κ3) is 2.58. The number of cyclic esters (lactones) is 1. The lowest BCUT2D eigenvalue weighted by Gasteiger charge is -2.22. The van der Waals surface area contributed by atoms with Crippen LogP contribution in [0.2, 0.25) is 0 Å². The number of ether oxygens (including phenoxy) is 1. The summed E-state index contributed by atoms with van der Waals surface area (Å²) in [5, 5.41) is 9.53. The van der Waals surface area contributed by atoms with Crippen molar-refractivity contribution in [1.29, 1.82) is 0 Å². The van der Waals surface area contributed by atoms with E-state index in [1.807, 2.05) is 13.8 Å². The summed E-state index contributed by atoms with van der Waals surface area (Å²) in [6, 6.07) is 0. The molecule has 0 saturated carbocycles. The van der Waals surface area contributed by atoms with Crippen molar-refractivity contribution in [3.8, 4) is 0 Å². The van der Waals surface area contributed by atoms with Gasteiger partial charge in [-0.3, -0.25) is 4.79 Å². The third-order valence-corrected chi connectivity index (χ3v) is 2.40. The van der Waals surface area contributed by atoms with Gasteiger partial charge in [-0.25, -0.2) is 4.79 Å². The average molecular weight is 212 g/mol. The number of hydrogen-bond donors (Lipinski definition) is 1. The molecule has 1 aliphatic rings. The Hall–Kier alpha value is -1.32. The SMILES string of the molecule is CCC/C(O)=C1/C(=O)C[C@H](CC)OC1=O. The summed E-state index contributed by atoms with van der Waals surface area (Å²) in [6.07, 6.45) is 1.51. The van der Waals surface area contributed by atoms with Crippen molar-refractivity contribution >= 4 is 11.8 Å². The highest BCUT2D eigenvalue weighted by molar-refractivity contribution is 6.19. The van der Waals surface area contributed by atoms with E-state index in [0.717, 1.165) is 0 Å². The molecule has 1 fully saturated rings. The molecule has 0 aromatic heterocycles. The van der Waals surface area contributed by atoms with Gasteiger partial charge in [0.2, 0.25) is 0 Å². The zero-order valence-corrected chi connectivity index (χ0v) is 9.08. The van der Waals surface area contributed by atoms with Crippen molar-refractivity contribution in [1.82, 2.24) is 0 Å². The second kappa shape index (κ2) is 4.96. The Morgan fingerprint density at radius 1 is 1.47 bits per heavy atom. The van der Waals surface area contributed by atoms with Crippen molar-refractivity contribution in [3.05, 3.63) is 11.3 Å². The van der Waals surface area contributed by atoms with E-state index in [2.05, 4.69) is 0 Å². The molecule has 0 unspecified atom stereocenters. The van der Waals surface area contributed by atoms with Gasteiger partial charge in [0.1, 0.15) is 17.4 Å². The molecule has 0 radical (unpaired) electrons. The zero-order valence-electron chi connectivity index (χ0n) is 9.08. The largest absolute Gasteiger partial charge is 0.511 e. The molecule has 0 aromatic rings. The molecular formula is C11H16O4. The van der Waals surface area contributed by atoms with E-state index in [-0.39, 0.29) is 29.6 Å². The zero-order chi connectivity index (χ0) is 11.4. The molecule has 4 heteroatoms. The molecule has 0 aliphatic carbocycles. The first-order valence-corrected chi connectivity index (χ1v) is 5.26. The van der Waals surface area contributed by atoms with Gasteiger partial charge in [0.25, 0.3) is 0 Å². The van der Waals surface area contributed by atoms with Crippen LogP contribution in [0.4, 0.5) is 0 Å². The number of carbonyl (C=O) groups is 2. The number of rotatable bonds is 3. The molecule has 0 bridgehead atoms. The highest BCUT2D eigenvalue weighted by Crippen LogP contribution is 2.22. The molecule has 1 heterocycles. The van der Waals surface area contributed by atoms with Gasteiger partial charge >= 0.3 is 5.97 Å². The Morgan fingerprint density at radius 3 is 2.60 bits per heavy atom. The molecule has 15 heavy (non-hydrogen) atoms. The lowest BCUT2D eigenvalue weighted by atomic mass is 9.98. The lowest BCUT2D eigenvalue weighted by molar-refractivity contribution is -0.151. The van der Waals surface area contributed by atoms with Crippen LogP contribution >= 0.6 is 0 Å². The van der Waals surface area contributed by atoms with Crippen LogP contribution in [0, 0.1) is 0 Å². The van der Waals surface area contributed by atoms with Gasteiger partial charge in [-0.15, -0.1) is 0 Å². The molecule has 1 atom stereocenters.